The highest BCUT2D eigenvalue weighted by Crippen LogP contribution is 2.30. The van der Waals surface area contributed by atoms with Crippen LogP contribution in [0.5, 0.6) is 0 Å². The van der Waals surface area contributed by atoms with E-state index in [4.69, 9.17) is 11.6 Å². The summed E-state index contributed by atoms with van der Waals surface area (Å²) in [5.74, 6) is 0. The quantitative estimate of drug-likeness (QED) is 0.727. The van der Waals surface area contributed by atoms with E-state index in [1.54, 1.807) is 0 Å². The Balaban J connectivity index is 2.79. The monoisotopic (exact) mass is 191 g/mol. The molecule has 2 heteroatoms. The number of hydrogen-bond acceptors (Lipinski definition) is 1. The zero-order valence-corrected chi connectivity index (χ0v) is 8.10. The molecule has 0 aliphatic rings. The Labute approximate surface area is 82.3 Å². The lowest BCUT2D eigenvalue weighted by molar-refractivity contribution is 1.53. The van der Waals surface area contributed by atoms with Gasteiger partial charge in [-0.2, -0.15) is 0 Å². The van der Waals surface area contributed by atoms with Gasteiger partial charge in [-0.25, -0.2) is 0 Å². The first-order valence-corrected chi connectivity index (χ1v) is 4.55. The van der Waals surface area contributed by atoms with Crippen molar-refractivity contribution < 1.29 is 0 Å². The molecule has 2 aromatic carbocycles. The van der Waals surface area contributed by atoms with Crippen molar-refractivity contribution in [3.05, 3.63) is 41.4 Å². The maximum Gasteiger partial charge on any atom is 0.0715 e. The first kappa shape index (κ1) is 8.39. The van der Waals surface area contributed by atoms with Crippen LogP contribution in [0.25, 0.3) is 10.8 Å². The van der Waals surface area contributed by atoms with Crippen LogP contribution in [-0.2, 0) is 0 Å². The van der Waals surface area contributed by atoms with E-state index in [1.165, 1.54) is 5.39 Å². The van der Waals surface area contributed by atoms with Crippen LogP contribution in [0.4, 0.5) is 5.69 Å². The zero-order valence-electron chi connectivity index (χ0n) is 7.34. The van der Waals surface area contributed by atoms with Crippen LogP contribution in [0.2, 0.25) is 5.02 Å². The lowest BCUT2D eigenvalue weighted by atomic mass is 10.1. The average molecular weight is 192 g/mol. The van der Waals surface area contributed by atoms with Gasteiger partial charge < -0.3 is 5.32 Å². The van der Waals surface area contributed by atoms with Gasteiger partial charge in [0.25, 0.3) is 0 Å². The van der Waals surface area contributed by atoms with Gasteiger partial charge in [0.15, 0.2) is 0 Å². The summed E-state index contributed by atoms with van der Waals surface area (Å²) in [6.07, 6.45) is 0. The van der Waals surface area contributed by atoms with Crippen molar-refractivity contribution in [2.75, 3.05) is 12.4 Å². The Bertz CT molecular complexity index is 437. The summed E-state index contributed by atoms with van der Waals surface area (Å²) in [4.78, 5) is 0. The first-order chi connectivity index (χ1) is 6.33. The van der Waals surface area contributed by atoms with E-state index in [1.807, 2.05) is 31.3 Å². The third kappa shape index (κ3) is 1.36. The minimum absolute atomic E-state index is 0.792. The summed E-state index contributed by atoms with van der Waals surface area (Å²) >= 11 is 6.18. The molecule has 0 aromatic heterocycles. The molecule has 0 saturated heterocycles. The smallest absolute Gasteiger partial charge is 0.0715 e. The molecule has 0 heterocycles. The molecule has 0 aliphatic carbocycles. The molecule has 1 N–H and O–H groups in total. The van der Waals surface area contributed by atoms with Gasteiger partial charge in [0.05, 0.1) is 10.7 Å². The second kappa shape index (κ2) is 3.27. The van der Waals surface area contributed by atoms with Crippen LogP contribution in [0.3, 0.4) is 0 Å². The first-order valence-electron chi connectivity index (χ1n) is 4.18. The van der Waals surface area contributed by atoms with Gasteiger partial charge in [-0.3, -0.25) is 0 Å². The summed E-state index contributed by atoms with van der Waals surface area (Å²) in [7, 11) is 1.87. The lowest BCUT2D eigenvalue weighted by Crippen LogP contribution is -1.88. The van der Waals surface area contributed by atoms with Crippen molar-refractivity contribution in [3.8, 4) is 0 Å². The number of nitrogens with one attached hydrogen (secondary N) is 1. The average Bonchev–Trinajstić information content (AvgIpc) is 2.19. The summed E-state index contributed by atoms with van der Waals surface area (Å²) in [5, 5.41) is 6.11. The van der Waals surface area contributed by atoms with Gasteiger partial charge in [0.1, 0.15) is 0 Å². The Morgan fingerprint density at radius 3 is 2.62 bits per heavy atom. The number of rotatable bonds is 1. The van der Waals surface area contributed by atoms with Crippen molar-refractivity contribution in [1.29, 1.82) is 0 Å². The maximum atomic E-state index is 6.18. The number of benzene rings is 2. The summed E-state index contributed by atoms with van der Waals surface area (Å²) in [6, 6.07) is 12.1. The van der Waals surface area contributed by atoms with Crippen molar-refractivity contribution in [2.45, 2.75) is 0 Å². The van der Waals surface area contributed by atoms with Crippen LogP contribution in [0.1, 0.15) is 0 Å². The molecule has 0 atom stereocenters. The van der Waals surface area contributed by atoms with Gasteiger partial charge >= 0.3 is 0 Å². The third-order valence-electron chi connectivity index (χ3n) is 2.13. The van der Waals surface area contributed by atoms with Crippen LogP contribution < -0.4 is 5.32 Å². The molecule has 66 valence electrons. The standard InChI is InChI=1S/C11H10ClN/c1-13-10-7-6-8-4-2-3-5-9(8)11(10)12/h2-7,13H,1H3. The largest absolute Gasteiger partial charge is 0.387 e. The predicted molar refractivity (Wildman–Crippen MR) is 58.5 cm³/mol. The minimum atomic E-state index is 0.792. The molecule has 13 heavy (non-hydrogen) atoms. The fourth-order valence-electron chi connectivity index (χ4n) is 1.43. The topological polar surface area (TPSA) is 12.0 Å². The van der Waals surface area contributed by atoms with Crippen molar-refractivity contribution in [1.82, 2.24) is 0 Å². The molecule has 0 bridgehead atoms. The molecular weight excluding hydrogens is 182 g/mol. The van der Waals surface area contributed by atoms with Gasteiger partial charge in [0, 0.05) is 12.4 Å². The second-order valence-electron chi connectivity index (χ2n) is 2.90. The molecule has 1 nitrogen and oxygen atoms in total. The van der Waals surface area contributed by atoms with Crippen LogP contribution in [0.15, 0.2) is 36.4 Å². The van der Waals surface area contributed by atoms with E-state index in [-0.39, 0.29) is 0 Å². The van der Waals surface area contributed by atoms with Crippen LogP contribution in [-0.4, -0.2) is 7.05 Å². The maximum absolute atomic E-state index is 6.18. The highest BCUT2D eigenvalue weighted by molar-refractivity contribution is 6.38. The Kier molecular flexibility index (Phi) is 2.11. The molecule has 0 amide bonds. The fourth-order valence-corrected chi connectivity index (χ4v) is 1.76. The van der Waals surface area contributed by atoms with E-state index < -0.39 is 0 Å². The third-order valence-corrected chi connectivity index (χ3v) is 2.54. The molecular formula is C11H10ClN. The van der Waals surface area contributed by atoms with E-state index in [0.717, 1.165) is 16.1 Å². The molecule has 0 fully saturated rings. The molecule has 0 unspecified atom stereocenters. The Morgan fingerprint density at radius 1 is 1.08 bits per heavy atom. The second-order valence-corrected chi connectivity index (χ2v) is 3.28. The Morgan fingerprint density at radius 2 is 1.85 bits per heavy atom. The highest BCUT2D eigenvalue weighted by atomic mass is 35.5. The molecule has 0 saturated carbocycles. The van der Waals surface area contributed by atoms with Crippen LogP contribution >= 0.6 is 11.6 Å². The van der Waals surface area contributed by atoms with E-state index >= 15 is 0 Å². The number of halogens is 1. The van der Waals surface area contributed by atoms with E-state index in [9.17, 15) is 0 Å². The number of hydrogen-bond donors (Lipinski definition) is 1. The lowest BCUT2D eigenvalue weighted by Gasteiger charge is -2.06. The molecule has 0 radical (unpaired) electrons. The van der Waals surface area contributed by atoms with Gasteiger partial charge in [0.2, 0.25) is 0 Å². The minimum Gasteiger partial charge on any atom is -0.387 e. The number of fused-ring (bicyclic) bond motifs is 1. The van der Waals surface area contributed by atoms with E-state index in [2.05, 4.69) is 17.4 Å². The van der Waals surface area contributed by atoms with Crippen LogP contribution in [0, 0.1) is 0 Å². The van der Waals surface area contributed by atoms with Gasteiger partial charge in [-0.15, -0.1) is 0 Å². The van der Waals surface area contributed by atoms with Gasteiger partial charge in [-0.05, 0) is 11.5 Å². The summed E-state index contributed by atoms with van der Waals surface area (Å²) in [5.41, 5.74) is 0.973. The summed E-state index contributed by atoms with van der Waals surface area (Å²) < 4.78 is 0. The molecule has 2 aromatic rings. The Hall–Kier alpha value is -1.21. The fraction of sp³-hybridized carbons (Fsp3) is 0.0909. The normalized spacial score (nSPS) is 10.3. The van der Waals surface area contributed by atoms with Crippen molar-refractivity contribution in [2.24, 2.45) is 0 Å². The van der Waals surface area contributed by atoms with Crippen molar-refractivity contribution >= 4 is 28.1 Å². The SMILES string of the molecule is CNc1ccc2ccccc2c1Cl. The molecule has 0 aliphatic heterocycles. The predicted octanol–water partition coefficient (Wildman–Crippen LogP) is 3.53. The number of anilines is 1. The van der Waals surface area contributed by atoms with Crippen molar-refractivity contribution in [3.63, 3.8) is 0 Å². The zero-order chi connectivity index (χ0) is 9.26. The highest BCUT2D eigenvalue weighted by Gasteiger charge is 2.02. The summed E-state index contributed by atoms with van der Waals surface area (Å²) in [6.45, 7) is 0. The van der Waals surface area contributed by atoms with Gasteiger partial charge in [-0.1, -0.05) is 41.9 Å². The molecule has 0 spiro atoms. The van der Waals surface area contributed by atoms with E-state index in [0.29, 0.717) is 0 Å². The molecule has 2 rings (SSSR count).